The molecule has 0 radical (unpaired) electrons. The maximum absolute atomic E-state index is 13.5. The Bertz CT molecular complexity index is 1210. The fourth-order valence-electron chi connectivity index (χ4n) is 5.39. The predicted octanol–water partition coefficient (Wildman–Crippen LogP) is 4.12. The van der Waals surface area contributed by atoms with Crippen LogP contribution in [-0.4, -0.2) is 41.6 Å². The maximum Gasteiger partial charge on any atom is 0.360 e. The molecule has 0 bridgehead atoms. The number of rotatable bonds is 4. The Morgan fingerprint density at radius 3 is 2.64 bits per heavy atom. The number of hydrogen-bond acceptors (Lipinski definition) is 5. The van der Waals surface area contributed by atoms with Gasteiger partial charge in [-0.3, -0.25) is 9.69 Å². The van der Waals surface area contributed by atoms with Crippen LogP contribution in [0.25, 0.3) is 11.0 Å². The highest BCUT2D eigenvalue weighted by Crippen LogP contribution is 2.33. The van der Waals surface area contributed by atoms with Crippen molar-refractivity contribution in [3.63, 3.8) is 0 Å². The molecule has 1 N–H and O–H groups in total. The van der Waals surface area contributed by atoms with Crippen LogP contribution in [0.3, 0.4) is 0 Å². The molecule has 172 valence electrons. The van der Waals surface area contributed by atoms with Crippen LogP contribution in [0.1, 0.15) is 37.3 Å². The SMILES string of the molecule is C[C@H](C(=O)N1CCCc2c1c(=O)oc1ccc(O)cc21)N1CCC(Cc2ccccc2)CC1. The van der Waals surface area contributed by atoms with E-state index < -0.39 is 5.63 Å². The lowest BCUT2D eigenvalue weighted by atomic mass is 9.89. The van der Waals surface area contributed by atoms with E-state index in [1.807, 2.05) is 13.0 Å². The van der Waals surface area contributed by atoms with Gasteiger partial charge in [0, 0.05) is 11.9 Å². The summed E-state index contributed by atoms with van der Waals surface area (Å²) in [5.74, 6) is 0.700. The van der Waals surface area contributed by atoms with Gasteiger partial charge in [0.1, 0.15) is 17.0 Å². The van der Waals surface area contributed by atoms with Gasteiger partial charge in [0.05, 0.1) is 6.04 Å². The number of carbonyl (C=O) groups excluding carboxylic acids is 1. The zero-order valence-corrected chi connectivity index (χ0v) is 19.0. The molecule has 0 spiro atoms. The number of benzene rings is 2. The van der Waals surface area contributed by atoms with E-state index in [0.717, 1.165) is 44.3 Å². The Hall–Kier alpha value is -3.12. The Balaban J connectivity index is 1.32. The van der Waals surface area contributed by atoms with Crippen LogP contribution in [-0.2, 0) is 17.6 Å². The highest BCUT2D eigenvalue weighted by molar-refractivity contribution is 6.00. The maximum atomic E-state index is 13.5. The lowest BCUT2D eigenvalue weighted by Gasteiger charge is -2.38. The summed E-state index contributed by atoms with van der Waals surface area (Å²) >= 11 is 0. The number of piperidine rings is 1. The highest BCUT2D eigenvalue weighted by Gasteiger charge is 2.34. The fourth-order valence-corrected chi connectivity index (χ4v) is 5.39. The van der Waals surface area contributed by atoms with Crippen molar-refractivity contribution in [2.75, 3.05) is 24.5 Å². The summed E-state index contributed by atoms with van der Waals surface area (Å²) in [6.45, 7) is 4.22. The number of carbonyl (C=O) groups is 1. The summed E-state index contributed by atoms with van der Waals surface area (Å²) in [7, 11) is 0. The van der Waals surface area contributed by atoms with Gasteiger partial charge in [-0.15, -0.1) is 0 Å². The first-order valence-electron chi connectivity index (χ1n) is 11.9. The van der Waals surface area contributed by atoms with E-state index in [9.17, 15) is 14.7 Å². The summed E-state index contributed by atoms with van der Waals surface area (Å²) in [6.07, 6.45) is 4.67. The molecular weight excluding hydrogens is 416 g/mol. The molecule has 2 aliphatic heterocycles. The number of fused-ring (bicyclic) bond motifs is 3. The van der Waals surface area contributed by atoms with Gasteiger partial charge in [0.25, 0.3) is 0 Å². The van der Waals surface area contributed by atoms with Crippen molar-refractivity contribution in [2.24, 2.45) is 5.92 Å². The third kappa shape index (κ3) is 4.27. The van der Waals surface area contributed by atoms with Crippen molar-refractivity contribution in [2.45, 2.75) is 45.1 Å². The Labute approximate surface area is 193 Å². The van der Waals surface area contributed by atoms with Crippen molar-refractivity contribution in [1.29, 1.82) is 0 Å². The molecule has 0 unspecified atom stereocenters. The molecule has 0 aliphatic carbocycles. The third-order valence-corrected chi connectivity index (χ3v) is 7.24. The van der Waals surface area contributed by atoms with E-state index in [1.165, 1.54) is 11.6 Å². The number of phenols is 1. The zero-order valence-electron chi connectivity index (χ0n) is 19.0. The molecule has 2 aromatic carbocycles. The Morgan fingerprint density at radius 1 is 1.12 bits per heavy atom. The third-order valence-electron chi connectivity index (χ3n) is 7.24. The molecule has 6 heteroatoms. The molecule has 1 fully saturated rings. The van der Waals surface area contributed by atoms with Crippen LogP contribution in [0.2, 0.25) is 0 Å². The largest absolute Gasteiger partial charge is 0.508 e. The van der Waals surface area contributed by atoms with Crippen LogP contribution in [0.5, 0.6) is 5.75 Å². The minimum atomic E-state index is -0.481. The smallest absolute Gasteiger partial charge is 0.360 e. The normalized spacial score (nSPS) is 18.3. The fraction of sp³-hybridized carbons (Fsp3) is 0.407. The quantitative estimate of drug-likeness (QED) is 0.611. The van der Waals surface area contributed by atoms with Gasteiger partial charge >= 0.3 is 5.63 Å². The van der Waals surface area contributed by atoms with E-state index in [4.69, 9.17) is 4.42 Å². The molecule has 5 rings (SSSR count). The van der Waals surface area contributed by atoms with Crippen molar-refractivity contribution in [3.8, 4) is 5.75 Å². The molecule has 1 amide bonds. The second-order valence-corrected chi connectivity index (χ2v) is 9.34. The summed E-state index contributed by atoms with van der Waals surface area (Å²) in [6, 6.07) is 15.0. The number of aryl methyl sites for hydroxylation is 1. The topological polar surface area (TPSA) is 74.0 Å². The molecule has 0 saturated carbocycles. The van der Waals surface area contributed by atoms with Gasteiger partial charge in [-0.05, 0) is 87.4 Å². The number of likely N-dealkylation sites (tertiary alicyclic amines) is 1. The van der Waals surface area contributed by atoms with Gasteiger partial charge in [0.15, 0.2) is 0 Å². The number of amides is 1. The molecule has 1 aromatic heterocycles. The van der Waals surface area contributed by atoms with Gasteiger partial charge in [0.2, 0.25) is 5.91 Å². The van der Waals surface area contributed by atoms with E-state index in [2.05, 4.69) is 29.2 Å². The van der Waals surface area contributed by atoms with Gasteiger partial charge in [-0.25, -0.2) is 4.79 Å². The number of hydrogen-bond donors (Lipinski definition) is 1. The summed E-state index contributed by atoms with van der Waals surface area (Å²) in [4.78, 5) is 30.3. The summed E-state index contributed by atoms with van der Waals surface area (Å²) in [5, 5.41) is 10.6. The van der Waals surface area contributed by atoms with Crippen LogP contribution in [0, 0.1) is 5.92 Å². The predicted molar refractivity (Wildman–Crippen MR) is 129 cm³/mol. The molecule has 1 atom stereocenters. The number of nitrogens with zero attached hydrogens (tertiary/aromatic N) is 2. The van der Waals surface area contributed by atoms with E-state index >= 15 is 0 Å². The molecule has 3 aromatic rings. The molecule has 6 nitrogen and oxygen atoms in total. The van der Waals surface area contributed by atoms with Crippen molar-refractivity contribution < 1.29 is 14.3 Å². The molecule has 2 aliphatic rings. The molecule has 3 heterocycles. The second kappa shape index (κ2) is 9.02. The monoisotopic (exact) mass is 446 g/mol. The average molecular weight is 447 g/mol. The van der Waals surface area contributed by atoms with Gasteiger partial charge < -0.3 is 14.4 Å². The van der Waals surface area contributed by atoms with Crippen molar-refractivity contribution in [3.05, 3.63) is 70.1 Å². The van der Waals surface area contributed by atoms with Crippen LogP contribution < -0.4 is 10.5 Å². The van der Waals surface area contributed by atoms with Gasteiger partial charge in [-0.1, -0.05) is 30.3 Å². The first-order chi connectivity index (χ1) is 16.0. The number of anilines is 1. The second-order valence-electron chi connectivity index (χ2n) is 9.34. The standard InChI is InChI=1S/C27H30N2O4/c1-18(28-14-11-20(12-15-28)16-19-6-3-2-4-7-19)26(31)29-13-5-8-22-23-17-21(30)9-10-24(23)33-27(32)25(22)29/h2-4,6-7,9-10,17-18,20,30H,5,8,11-16H2,1H3/t18-/m1/s1. The first kappa shape index (κ1) is 21.7. The van der Waals surface area contributed by atoms with Crippen LogP contribution >= 0.6 is 0 Å². The minimum Gasteiger partial charge on any atom is -0.508 e. The van der Waals surface area contributed by atoms with Crippen molar-refractivity contribution in [1.82, 2.24) is 4.90 Å². The number of aromatic hydroxyl groups is 1. The van der Waals surface area contributed by atoms with E-state index in [0.29, 0.717) is 35.5 Å². The van der Waals surface area contributed by atoms with Crippen LogP contribution in [0.15, 0.2) is 57.7 Å². The molecule has 33 heavy (non-hydrogen) atoms. The van der Waals surface area contributed by atoms with E-state index in [-0.39, 0.29) is 17.7 Å². The summed E-state index contributed by atoms with van der Waals surface area (Å²) in [5.41, 5.74) is 2.47. The number of phenolic OH excluding ortho intramolecular Hbond substituents is 1. The van der Waals surface area contributed by atoms with Crippen LogP contribution in [0.4, 0.5) is 5.69 Å². The Kier molecular flexibility index (Phi) is 5.94. The zero-order chi connectivity index (χ0) is 22.9. The van der Waals surface area contributed by atoms with E-state index in [1.54, 1.807) is 17.0 Å². The lowest BCUT2D eigenvalue weighted by molar-refractivity contribution is -0.124. The minimum absolute atomic E-state index is 0.0516. The summed E-state index contributed by atoms with van der Waals surface area (Å²) < 4.78 is 5.52. The van der Waals surface area contributed by atoms with Gasteiger partial charge in [-0.2, -0.15) is 0 Å². The molecule has 1 saturated heterocycles. The first-order valence-corrected chi connectivity index (χ1v) is 11.9. The highest BCUT2D eigenvalue weighted by atomic mass is 16.4. The Morgan fingerprint density at radius 2 is 1.88 bits per heavy atom. The lowest BCUT2D eigenvalue weighted by Crippen LogP contribution is -2.52. The molecular formula is C27H30N2O4. The average Bonchev–Trinajstić information content (AvgIpc) is 2.84. The van der Waals surface area contributed by atoms with Crippen molar-refractivity contribution >= 4 is 22.6 Å².